The van der Waals surface area contributed by atoms with Crippen LogP contribution in [0.5, 0.6) is 0 Å². The van der Waals surface area contributed by atoms with Crippen molar-refractivity contribution in [1.29, 1.82) is 0 Å². The fourth-order valence-corrected chi connectivity index (χ4v) is 6.17. The Labute approximate surface area is 356 Å². The predicted octanol–water partition coefficient (Wildman–Crippen LogP) is 15.3. The van der Waals surface area contributed by atoms with E-state index in [9.17, 15) is 14.4 Å². The van der Waals surface area contributed by atoms with Gasteiger partial charge in [-0.3, -0.25) is 14.4 Å². The van der Waals surface area contributed by atoms with E-state index in [-0.39, 0.29) is 37.5 Å². The van der Waals surface area contributed by atoms with Gasteiger partial charge in [0.25, 0.3) is 0 Å². The van der Waals surface area contributed by atoms with Crippen molar-refractivity contribution in [3.63, 3.8) is 0 Å². The molecule has 0 rings (SSSR count). The van der Waals surface area contributed by atoms with Gasteiger partial charge in [-0.05, 0) is 77.0 Å². The molecular weight excluding hydrogens is 721 g/mol. The molecule has 0 heterocycles. The number of allylic oxidation sites excluding steroid dienone is 14. The lowest BCUT2D eigenvalue weighted by atomic mass is 10.0. The van der Waals surface area contributed by atoms with Gasteiger partial charge in [0, 0.05) is 19.3 Å². The second-order valence-electron chi connectivity index (χ2n) is 15.3. The van der Waals surface area contributed by atoms with Crippen molar-refractivity contribution in [2.75, 3.05) is 13.2 Å². The number of carbonyl (C=O) groups excluding carboxylic acids is 3. The largest absolute Gasteiger partial charge is 0.462 e. The third kappa shape index (κ3) is 43.7. The molecule has 0 radical (unpaired) electrons. The van der Waals surface area contributed by atoms with Crippen molar-refractivity contribution in [2.24, 2.45) is 0 Å². The Kier molecular flexibility index (Phi) is 43.6. The second kappa shape index (κ2) is 46.3. The molecule has 0 N–H and O–H groups in total. The molecule has 0 aliphatic carbocycles. The fraction of sp³-hybridized carbons (Fsp3) is 0.673. The minimum Gasteiger partial charge on any atom is -0.462 e. The van der Waals surface area contributed by atoms with E-state index in [2.05, 4.69) is 93.7 Å². The third-order valence-corrected chi connectivity index (χ3v) is 9.66. The highest BCUT2D eigenvalue weighted by Gasteiger charge is 2.19. The Morgan fingerprint density at radius 2 is 0.707 bits per heavy atom. The third-order valence-electron chi connectivity index (χ3n) is 9.66. The number of unbranched alkanes of at least 4 members (excludes halogenated alkanes) is 16. The summed E-state index contributed by atoms with van der Waals surface area (Å²) >= 11 is 0. The first kappa shape index (κ1) is 54.6. The van der Waals surface area contributed by atoms with Crippen LogP contribution in [0.1, 0.15) is 207 Å². The summed E-state index contributed by atoms with van der Waals surface area (Å²) in [6.07, 6.45) is 58.8. The zero-order valence-electron chi connectivity index (χ0n) is 37.5. The molecule has 0 aromatic rings. The predicted molar refractivity (Wildman–Crippen MR) is 247 cm³/mol. The summed E-state index contributed by atoms with van der Waals surface area (Å²) < 4.78 is 16.6. The van der Waals surface area contributed by atoms with Crippen LogP contribution in [-0.2, 0) is 28.6 Å². The Morgan fingerprint density at radius 1 is 0.362 bits per heavy atom. The molecule has 0 spiro atoms. The minimum absolute atomic E-state index is 0.116. The van der Waals surface area contributed by atoms with E-state index >= 15 is 0 Å². The highest BCUT2D eigenvalue weighted by molar-refractivity contribution is 5.71. The first-order valence-electron chi connectivity index (χ1n) is 23.6. The molecule has 6 heteroatoms. The van der Waals surface area contributed by atoms with Gasteiger partial charge in [-0.25, -0.2) is 0 Å². The van der Waals surface area contributed by atoms with Gasteiger partial charge in [0.1, 0.15) is 13.2 Å². The van der Waals surface area contributed by atoms with E-state index in [1.807, 2.05) is 12.2 Å². The van der Waals surface area contributed by atoms with Gasteiger partial charge in [-0.2, -0.15) is 0 Å². The number of hydrogen-bond donors (Lipinski definition) is 0. The zero-order valence-corrected chi connectivity index (χ0v) is 37.5. The minimum atomic E-state index is -0.815. The normalized spacial score (nSPS) is 12.8. The molecule has 330 valence electrons. The molecule has 0 aromatic carbocycles. The molecule has 0 saturated carbocycles. The summed E-state index contributed by atoms with van der Waals surface area (Å²) in [5.74, 6) is -1.04. The van der Waals surface area contributed by atoms with Gasteiger partial charge in [-0.15, -0.1) is 0 Å². The van der Waals surface area contributed by atoms with Gasteiger partial charge >= 0.3 is 17.9 Å². The smallest absolute Gasteiger partial charge is 0.306 e. The Bertz CT molecular complexity index is 1160. The Balaban J connectivity index is 4.48. The molecule has 1 atom stereocenters. The first-order valence-corrected chi connectivity index (χ1v) is 23.6. The highest BCUT2D eigenvalue weighted by atomic mass is 16.6. The van der Waals surface area contributed by atoms with E-state index in [1.54, 1.807) is 0 Å². The first-order chi connectivity index (χ1) is 28.5. The van der Waals surface area contributed by atoms with E-state index in [0.717, 1.165) is 83.5 Å². The molecule has 0 saturated heterocycles. The van der Waals surface area contributed by atoms with Crippen molar-refractivity contribution in [2.45, 2.75) is 213 Å². The molecule has 0 aliphatic heterocycles. The molecule has 0 amide bonds. The van der Waals surface area contributed by atoms with Crippen molar-refractivity contribution in [3.8, 4) is 0 Å². The van der Waals surface area contributed by atoms with E-state index < -0.39 is 6.10 Å². The number of hydrogen-bond acceptors (Lipinski definition) is 6. The summed E-state index contributed by atoms with van der Waals surface area (Å²) in [7, 11) is 0. The molecular formula is C52H86O6. The Morgan fingerprint density at radius 3 is 1.16 bits per heavy atom. The van der Waals surface area contributed by atoms with Crippen LogP contribution in [-0.4, -0.2) is 37.2 Å². The van der Waals surface area contributed by atoms with Gasteiger partial charge in [0.15, 0.2) is 6.10 Å². The van der Waals surface area contributed by atoms with E-state index in [4.69, 9.17) is 14.2 Å². The van der Waals surface area contributed by atoms with Crippen LogP contribution in [0, 0.1) is 0 Å². The molecule has 58 heavy (non-hydrogen) atoms. The Hall–Kier alpha value is -3.41. The monoisotopic (exact) mass is 807 g/mol. The molecule has 0 aromatic heterocycles. The maximum absolute atomic E-state index is 12.7. The average molecular weight is 807 g/mol. The van der Waals surface area contributed by atoms with E-state index in [1.165, 1.54) is 77.0 Å². The quantitative estimate of drug-likeness (QED) is 0.0265. The molecule has 6 nitrogen and oxygen atoms in total. The number of rotatable bonds is 41. The summed E-state index contributed by atoms with van der Waals surface area (Å²) in [5, 5.41) is 0. The highest BCUT2D eigenvalue weighted by Crippen LogP contribution is 2.14. The number of esters is 3. The van der Waals surface area contributed by atoms with Gasteiger partial charge in [0.2, 0.25) is 0 Å². The summed E-state index contributed by atoms with van der Waals surface area (Å²) in [6.45, 7) is 6.29. The lowest BCUT2D eigenvalue weighted by Crippen LogP contribution is -2.30. The van der Waals surface area contributed by atoms with Gasteiger partial charge in [0.05, 0.1) is 0 Å². The van der Waals surface area contributed by atoms with Crippen LogP contribution >= 0.6 is 0 Å². The van der Waals surface area contributed by atoms with Crippen molar-refractivity contribution in [1.82, 2.24) is 0 Å². The maximum atomic E-state index is 12.7. The SMILES string of the molecule is CC/C=C\C/C=C\C/C=C\C/C=C\C/C=C\CCC(=O)OCC(COC(=O)CCCC/C=C\C/C=C\CC)OC(=O)CCCCCCCCCCCCCCCCC. The lowest BCUT2D eigenvalue weighted by molar-refractivity contribution is -0.166. The van der Waals surface area contributed by atoms with Crippen molar-refractivity contribution >= 4 is 17.9 Å². The average Bonchev–Trinajstić information content (AvgIpc) is 3.22. The van der Waals surface area contributed by atoms with Crippen molar-refractivity contribution < 1.29 is 28.6 Å². The molecule has 0 aliphatic rings. The van der Waals surface area contributed by atoms with Crippen LogP contribution < -0.4 is 0 Å². The standard InChI is InChI=1S/C52H86O6/c1-4-7-10-13-16-19-21-23-25-27-28-30-33-36-39-42-45-51(54)57-48-49(47-56-50(53)44-41-38-35-32-18-15-12-9-6-3)58-52(55)46-43-40-37-34-31-29-26-24-22-20-17-14-11-8-5-2/h7,9-10,12,16,18-19,23,25,28,30,32,36,39,49H,4-6,8,11,13-15,17,20-22,24,26-27,29,31,33-35,37-38,40-48H2,1-3H3/b10-7-,12-9-,19-16-,25-23-,30-28-,32-18-,39-36-. The van der Waals surface area contributed by atoms with Crippen LogP contribution in [0.2, 0.25) is 0 Å². The summed E-state index contributed by atoms with van der Waals surface area (Å²) in [6, 6.07) is 0. The molecule has 1 unspecified atom stereocenters. The van der Waals surface area contributed by atoms with E-state index in [0.29, 0.717) is 19.3 Å². The fourth-order valence-electron chi connectivity index (χ4n) is 6.17. The van der Waals surface area contributed by atoms with Crippen molar-refractivity contribution in [3.05, 3.63) is 85.1 Å². The van der Waals surface area contributed by atoms with Crippen LogP contribution in [0.25, 0.3) is 0 Å². The number of ether oxygens (including phenoxy) is 3. The molecule has 0 fully saturated rings. The maximum Gasteiger partial charge on any atom is 0.306 e. The van der Waals surface area contributed by atoms with Crippen LogP contribution in [0.15, 0.2) is 85.1 Å². The zero-order chi connectivity index (χ0) is 42.3. The molecule has 0 bridgehead atoms. The second-order valence-corrected chi connectivity index (χ2v) is 15.3. The topological polar surface area (TPSA) is 78.9 Å². The lowest BCUT2D eigenvalue weighted by Gasteiger charge is -2.18. The number of carbonyl (C=O) groups is 3. The van der Waals surface area contributed by atoms with Crippen LogP contribution in [0.3, 0.4) is 0 Å². The summed E-state index contributed by atoms with van der Waals surface area (Å²) in [5.41, 5.74) is 0. The van der Waals surface area contributed by atoms with Crippen LogP contribution in [0.4, 0.5) is 0 Å². The summed E-state index contributed by atoms with van der Waals surface area (Å²) in [4.78, 5) is 37.7. The van der Waals surface area contributed by atoms with Gasteiger partial charge < -0.3 is 14.2 Å². The van der Waals surface area contributed by atoms with Gasteiger partial charge in [-0.1, -0.05) is 196 Å².